The Hall–Kier alpha value is -0.0800. The molecule has 0 saturated heterocycles. The molecule has 0 saturated carbocycles. The van der Waals surface area contributed by atoms with Gasteiger partial charge in [0, 0.05) is 6.04 Å². The van der Waals surface area contributed by atoms with Gasteiger partial charge in [0.25, 0.3) is 0 Å². The standard InChI is InChI=1S/C6H15NO/c1-5(2)6(3)7-8-4/h5-7H,1-4H3/t6-/m0/s1. The number of hydroxylamine groups is 1. The number of rotatable bonds is 3. The van der Waals surface area contributed by atoms with Gasteiger partial charge in [0.1, 0.15) is 0 Å². The summed E-state index contributed by atoms with van der Waals surface area (Å²) in [5, 5.41) is 0. The lowest BCUT2D eigenvalue weighted by Crippen LogP contribution is -2.29. The summed E-state index contributed by atoms with van der Waals surface area (Å²) in [6.45, 7) is 6.39. The molecule has 0 radical (unpaired) electrons. The van der Waals surface area contributed by atoms with Gasteiger partial charge in [0.15, 0.2) is 0 Å². The Morgan fingerprint density at radius 3 is 1.88 bits per heavy atom. The maximum absolute atomic E-state index is 4.71. The Balaban J connectivity index is 3.17. The first-order chi connectivity index (χ1) is 3.68. The van der Waals surface area contributed by atoms with E-state index in [0.717, 1.165) is 0 Å². The first-order valence-corrected chi connectivity index (χ1v) is 2.97. The van der Waals surface area contributed by atoms with Crippen LogP contribution in [-0.2, 0) is 4.84 Å². The second-order valence-electron chi connectivity index (χ2n) is 2.35. The fourth-order valence-electron chi connectivity index (χ4n) is 0.322. The molecule has 0 bridgehead atoms. The summed E-state index contributed by atoms with van der Waals surface area (Å²) >= 11 is 0. The van der Waals surface area contributed by atoms with Crippen molar-refractivity contribution in [1.82, 2.24) is 5.48 Å². The maximum atomic E-state index is 4.71. The highest BCUT2D eigenvalue weighted by molar-refractivity contribution is 4.57. The van der Waals surface area contributed by atoms with E-state index in [9.17, 15) is 0 Å². The predicted molar refractivity (Wildman–Crippen MR) is 34.4 cm³/mol. The number of hydrogen-bond donors (Lipinski definition) is 1. The molecule has 0 fully saturated rings. The third-order valence-corrected chi connectivity index (χ3v) is 1.30. The zero-order valence-electron chi connectivity index (χ0n) is 6.06. The lowest BCUT2D eigenvalue weighted by molar-refractivity contribution is 0.0525. The van der Waals surface area contributed by atoms with Crippen LogP contribution in [0.15, 0.2) is 0 Å². The van der Waals surface area contributed by atoms with Gasteiger partial charge in [-0.1, -0.05) is 13.8 Å². The van der Waals surface area contributed by atoms with Gasteiger partial charge in [0.2, 0.25) is 0 Å². The summed E-state index contributed by atoms with van der Waals surface area (Å²) < 4.78 is 0. The molecule has 50 valence electrons. The molecule has 2 nitrogen and oxygen atoms in total. The third-order valence-electron chi connectivity index (χ3n) is 1.30. The summed E-state index contributed by atoms with van der Waals surface area (Å²) in [4.78, 5) is 4.71. The minimum absolute atomic E-state index is 0.444. The number of nitrogens with one attached hydrogen (secondary N) is 1. The summed E-state index contributed by atoms with van der Waals surface area (Å²) in [7, 11) is 1.64. The topological polar surface area (TPSA) is 21.3 Å². The highest BCUT2D eigenvalue weighted by Crippen LogP contribution is 1.97. The predicted octanol–water partition coefficient (Wildman–Crippen LogP) is 1.18. The second-order valence-corrected chi connectivity index (χ2v) is 2.35. The molecule has 0 unspecified atom stereocenters. The molecule has 0 heterocycles. The maximum Gasteiger partial charge on any atom is 0.0572 e. The van der Waals surface area contributed by atoms with E-state index in [1.165, 1.54) is 0 Å². The van der Waals surface area contributed by atoms with Crippen LogP contribution in [0.5, 0.6) is 0 Å². The van der Waals surface area contributed by atoms with E-state index in [2.05, 4.69) is 26.3 Å². The van der Waals surface area contributed by atoms with Crippen LogP contribution in [0.1, 0.15) is 20.8 Å². The lowest BCUT2D eigenvalue weighted by atomic mass is 10.1. The Bertz CT molecular complexity index is 54.5. The molecule has 0 aliphatic carbocycles. The van der Waals surface area contributed by atoms with Gasteiger partial charge < -0.3 is 4.84 Å². The van der Waals surface area contributed by atoms with E-state index in [1.807, 2.05) is 0 Å². The zero-order chi connectivity index (χ0) is 6.57. The van der Waals surface area contributed by atoms with Gasteiger partial charge in [-0.15, -0.1) is 0 Å². The molecule has 8 heavy (non-hydrogen) atoms. The fraction of sp³-hybridized carbons (Fsp3) is 1.00. The normalized spacial score (nSPS) is 14.6. The van der Waals surface area contributed by atoms with Crippen molar-refractivity contribution in [1.29, 1.82) is 0 Å². The molecule has 0 aliphatic rings. The van der Waals surface area contributed by atoms with E-state index in [-0.39, 0.29) is 0 Å². The Kier molecular flexibility index (Phi) is 3.83. The molecule has 0 aromatic carbocycles. The van der Waals surface area contributed by atoms with Crippen LogP contribution in [0.2, 0.25) is 0 Å². The van der Waals surface area contributed by atoms with E-state index in [1.54, 1.807) is 7.11 Å². The molecule has 0 aliphatic heterocycles. The van der Waals surface area contributed by atoms with E-state index < -0.39 is 0 Å². The third kappa shape index (κ3) is 2.99. The van der Waals surface area contributed by atoms with Gasteiger partial charge in [-0.3, -0.25) is 0 Å². The van der Waals surface area contributed by atoms with Crippen LogP contribution in [-0.4, -0.2) is 13.2 Å². The monoisotopic (exact) mass is 117 g/mol. The van der Waals surface area contributed by atoms with E-state index in [4.69, 9.17) is 4.84 Å². The first-order valence-electron chi connectivity index (χ1n) is 2.97. The van der Waals surface area contributed by atoms with Gasteiger partial charge >= 0.3 is 0 Å². The quantitative estimate of drug-likeness (QED) is 0.560. The van der Waals surface area contributed by atoms with Crippen molar-refractivity contribution in [2.24, 2.45) is 5.92 Å². The molecule has 2 heteroatoms. The summed E-state index contributed by atoms with van der Waals surface area (Å²) in [5.74, 6) is 0.634. The summed E-state index contributed by atoms with van der Waals surface area (Å²) in [6.07, 6.45) is 0. The van der Waals surface area contributed by atoms with Crippen molar-refractivity contribution in [3.05, 3.63) is 0 Å². The molecule has 0 amide bonds. The molecule has 0 rings (SSSR count). The number of hydrogen-bond acceptors (Lipinski definition) is 2. The van der Waals surface area contributed by atoms with Crippen LogP contribution in [0, 0.1) is 5.92 Å². The highest BCUT2D eigenvalue weighted by atomic mass is 16.6. The molecular weight excluding hydrogens is 102 g/mol. The first kappa shape index (κ1) is 7.92. The van der Waals surface area contributed by atoms with Crippen LogP contribution >= 0.6 is 0 Å². The average molecular weight is 117 g/mol. The molecule has 0 spiro atoms. The van der Waals surface area contributed by atoms with Gasteiger partial charge in [-0.25, -0.2) is 0 Å². The Labute approximate surface area is 51.2 Å². The van der Waals surface area contributed by atoms with Crippen molar-refractivity contribution in [3.63, 3.8) is 0 Å². The second kappa shape index (κ2) is 3.87. The zero-order valence-corrected chi connectivity index (χ0v) is 6.06. The highest BCUT2D eigenvalue weighted by Gasteiger charge is 2.03. The van der Waals surface area contributed by atoms with Crippen molar-refractivity contribution in [3.8, 4) is 0 Å². The molecular formula is C6H15NO. The van der Waals surface area contributed by atoms with Crippen molar-refractivity contribution in [2.75, 3.05) is 7.11 Å². The van der Waals surface area contributed by atoms with Gasteiger partial charge in [-0.05, 0) is 12.8 Å². The van der Waals surface area contributed by atoms with Crippen molar-refractivity contribution < 1.29 is 4.84 Å². The Morgan fingerprint density at radius 1 is 1.25 bits per heavy atom. The van der Waals surface area contributed by atoms with E-state index in [0.29, 0.717) is 12.0 Å². The molecule has 0 aromatic rings. The van der Waals surface area contributed by atoms with Crippen LogP contribution in [0.25, 0.3) is 0 Å². The largest absolute Gasteiger partial charge is 0.305 e. The minimum atomic E-state index is 0.444. The summed E-state index contributed by atoms with van der Waals surface area (Å²) in [5.41, 5.74) is 2.84. The molecule has 1 atom stereocenters. The van der Waals surface area contributed by atoms with Crippen molar-refractivity contribution >= 4 is 0 Å². The average Bonchev–Trinajstić information content (AvgIpc) is 1.67. The van der Waals surface area contributed by atoms with Crippen LogP contribution < -0.4 is 5.48 Å². The summed E-state index contributed by atoms with van der Waals surface area (Å²) in [6, 6.07) is 0.444. The van der Waals surface area contributed by atoms with Crippen molar-refractivity contribution in [2.45, 2.75) is 26.8 Å². The SMILES string of the molecule is CON[C@@H](C)C(C)C. The Morgan fingerprint density at radius 2 is 1.75 bits per heavy atom. The lowest BCUT2D eigenvalue weighted by Gasteiger charge is -2.14. The smallest absolute Gasteiger partial charge is 0.0572 e. The van der Waals surface area contributed by atoms with Crippen LogP contribution in [0.3, 0.4) is 0 Å². The van der Waals surface area contributed by atoms with E-state index >= 15 is 0 Å². The van der Waals surface area contributed by atoms with Gasteiger partial charge in [0.05, 0.1) is 7.11 Å². The molecule has 0 aromatic heterocycles. The van der Waals surface area contributed by atoms with Gasteiger partial charge in [-0.2, -0.15) is 5.48 Å². The fourth-order valence-corrected chi connectivity index (χ4v) is 0.322. The molecule has 1 N–H and O–H groups in total. The van der Waals surface area contributed by atoms with Crippen LogP contribution in [0.4, 0.5) is 0 Å². The minimum Gasteiger partial charge on any atom is -0.305 e.